The maximum atomic E-state index is 12.4. The molecule has 0 saturated carbocycles. The summed E-state index contributed by atoms with van der Waals surface area (Å²) in [6.07, 6.45) is 13.4. The third-order valence-electron chi connectivity index (χ3n) is 6.97. The highest BCUT2D eigenvalue weighted by atomic mass is 16.5. The maximum Gasteiger partial charge on any atom is 0.414 e. The highest BCUT2D eigenvalue weighted by Gasteiger charge is 2.49. The largest absolute Gasteiger partial charge is 0.444 e. The number of nitrogens with one attached hydrogen (secondary N) is 2. The second-order valence-corrected chi connectivity index (χ2v) is 9.60. The van der Waals surface area contributed by atoms with Crippen LogP contribution in [-0.2, 0) is 16.1 Å². The number of hydrogen-bond donors (Lipinski definition) is 3. The normalized spacial score (nSPS) is 24.0. The number of rotatable bonds is 13. The minimum Gasteiger partial charge on any atom is -0.444 e. The van der Waals surface area contributed by atoms with Gasteiger partial charge < -0.3 is 19.9 Å². The van der Waals surface area contributed by atoms with Crippen molar-refractivity contribution < 1.29 is 19.4 Å². The predicted molar refractivity (Wildman–Crippen MR) is 134 cm³/mol. The summed E-state index contributed by atoms with van der Waals surface area (Å²) < 4.78 is 11.5. The summed E-state index contributed by atoms with van der Waals surface area (Å²) in [5, 5.41) is 16.3. The number of unbranched alkanes of at least 4 members (excludes halogenated alkanes) is 8. The zero-order valence-electron chi connectivity index (χ0n) is 20.8. The summed E-state index contributed by atoms with van der Waals surface area (Å²) >= 11 is 0. The van der Waals surface area contributed by atoms with Crippen molar-refractivity contribution in [2.75, 3.05) is 13.2 Å². The molecule has 0 bridgehead atoms. The zero-order chi connectivity index (χ0) is 24.1. The molecule has 2 heterocycles. The highest BCUT2D eigenvalue weighted by molar-refractivity contribution is 5.94. The number of aliphatic hydroxyl groups excluding tert-OH is 1. The fourth-order valence-corrected chi connectivity index (χ4v) is 5.06. The number of nitrogens with zero attached hydrogens (tertiary/aromatic N) is 1. The molecule has 3 N–H and O–H groups in total. The fraction of sp³-hybridized carbons (Fsp3) is 0.704. The van der Waals surface area contributed by atoms with Crippen molar-refractivity contribution in [2.24, 2.45) is 10.9 Å². The van der Waals surface area contributed by atoms with Crippen LogP contribution in [0, 0.1) is 5.92 Å². The minimum absolute atomic E-state index is 0.00429. The Balaban J connectivity index is 1.51. The standard InChI is InChI=1S/C27H43N3O4/c1-2-3-4-5-6-7-8-9-13-17-24-23(20-31)27(18-14-19-34-27)30-25(28-24)29-26(32)33-21-22-15-11-10-12-16-22/h10-12,15-16,23-24,31H,2-9,13-14,17-21H2,1H3,(H2,28,29,30,32)/t23-,24+,27+/m1/s1. The summed E-state index contributed by atoms with van der Waals surface area (Å²) in [5.74, 6) is 0.250. The molecular formula is C27H43N3O4. The van der Waals surface area contributed by atoms with Gasteiger partial charge >= 0.3 is 6.09 Å². The van der Waals surface area contributed by atoms with Crippen molar-refractivity contribution in [3.63, 3.8) is 0 Å². The molecule has 34 heavy (non-hydrogen) atoms. The molecule has 2 aliphatic rings. The summed E-state index contributed by atoms with van der Waals surface area (Å²) in [6.45, 7) is 3.09. The fourth-order valence-electron chi connectivity index (χ4n) is 5.06. The monoisotopic (exact) mass is 473 g/mol. The molecule has 3 rings (SSSR count). The number of hydrogen-bond acceptors (Lipinski definition) is 6. The quantitative estimate of drug-likeness (QED) is 0.339. The molecule has 2 aliphatic heterocycles. The number of aliphatic imine (C=N–C) groups is 1. The molecule has 1 spiro atoms. The van der Waals surface area contributed by atoms with E-state index >= 15 is 0 Å². The van der Waals surface area contributed by atoms with E-state index in [0.717, 1.165) is 31.2 Å². The molecule has 0 unspecified atom stereocenters. The molecule has 1 saturated heterocycles. The van der Waals surface area contributed by atoms with E-state index in [1.807, 2.05) is 30.3 Å². The van der Waals surface area contributed by atoms with Crippen molar-refractivity contribution in [2.45, 2.75) is 102 Å². The van der Waals surface area contributed by atoms with Crippen molar-refractivity contribution in [1.29, 1.82) is 0 Å². The lowest BCUT2D eigenvalue weighted by molar-refractivity contribution is -0.0868. The first kappa shape index (κ1) is 26.5. The molecular weight excluding hydrogens is 430 g/mol. The van der Waals surface area contributed by atoms with Crippen LogP contribution in [0.1, 0.15) is 89.5 Å². The molecule has 190 valence electrons. The van der Waals surface area contributed by atoms with E-state index in [1.54, 1.807) is 0 Å². The Kier molecular flexibility index (Phi) is 11.2. The molecule has 0 radical (unpaired) electrons. The first-order valence-corrected chi connectivity index (χ1v) is 13.3. The summed E-state index contributed by atoms with van der Waals surface area (Å²) in [7, 11) is 0. The highest BCUT2D eigenvalue weighted by Crippen LogP contribution is 2.37. The average Bonchev–Trinajstić information content (AvgIpc) is 3.30. The van der Waals surface area contributed by atoms with Crippen LogP contribution in [0.5, 0.6) is 0 Å². The molecule has 7 heteroatoms. The number of alkyl carbamates (subject to hydrolysis) is 1. The van der Waals surface area contributed by atoms with Gasteiger partial charge in [0.1, 0.15) is 12.3 Å². The molecule has 7 nitrogen and oxygen atoms in total. The van der Waals surface area contributed by atoms with E-state index in [0.29, 0.717) is 12.6 Å². The molecule has 1 fully saturated rings. The summed E-state index contributed by atoms with van der Waals surface area (Å²) in [6, 6.07) is 9.48. The van der Waals surface area contributed by atoms with E-state index in [-0.39, 0.29) is 25.2 Å². The van der Waals surface area contributed by atoms with Crippen LogP contribution in [0.4, 0.5) is 4.79 Å². The molecule has 1 amide bonds. The molecule has 3 atom stereocenters. The van der Waals surface area contributed by atoms with Crippen molar-refractivity contribution in [3.05, 3.63) is 35.9 Å². The number of benzene rings is 1. The van der Waals surface area contributed by atoms with Gasteiger partial charge in [-0.2, -0.15) is 0 Å². The van der Waals surface area contributed by atoms with Crippen molar-refractivity contribution >= 4 is 12.1 Å². The smallest absolute Gasteiger partial charge is 0.414 e. The molecule has 0 aromatic heterocycles. The van der Waals surface area contributed by atoms with E-state index < -0.39 is 11.8 Å². The maximum absolute atomic E-state index is 12.4. The third kappa shape index (κ3) is 7.98. The Labute approximate surface area is 204 Å². The third-order valence-corrected chi connectivity index (χ3v) is 6.97. The minimum atomic E-state index is -0.678. The Bertz CT molecular complexity index is 750. The molecule has 1 aromatic carbocycles. The predicted octanol–water partition coefficient (Wildman–Crippen LogP) is 5.28. The van der Waals surface area contributed by atoms with Crippen LogP contribution >= 0.6 is 0 Å². The lowest BCUT2D eigenvalue weighted by atomic mass is 9.83. The van der Waals surface area contributed by atoms with Crippen LogP contribution in [0.15, 0.2) is 35.3 Å². The van der Waals surface area contributed by atoms with Gasteiger partial charge in [0.2, 0.25) is 5.96 Å². The molecule has 1 aromatic rings. The van der Waals surface area contributed by atoms with E-state index in [2.05, 4.69) is 17.6 Å². The Hall–Kier alpha value is -2.12. The van der Waals surface area contributed by atoms with Gasteiger partial charge in [-0.25, -0.2) is 9.79 Å². The Morgan fingerprint density at radius 3 is 2.50 bits per heavy atom. The van der Waals surface area contributed by atoms with Crippen molar-refractivity contribution in [1.82, 2.24) is 10.6 Å². The SMILES string of the molecule is CCCCCCCCCCC[C@@H]1N=C(NC(=O)OCc2ccccc2)N[C@]2(CCCO2)[C@@H]1CO. The van der Waals surface area contributed by atoms with Gasteiger partial charge in [-0.15, -0.1) is 0 Å². The van der Waals surface area contributed by atoms with Gasteiger partial charge in [0.05, 0.1) is 18.6 Å². The number of ether oxygens (including phenoxy) is 2. The van der Waals surface area contributed by atoms with Crippen LogP contribution in [-0.4, -0.2) is 42.1 Å². The number of carbonyl (C=O) groups is 1. The Morgan fingerprint density at radius 1 is 1.15 bits per heavy atom. The van der Waals surface area contributed by atoms with Crippen LogP contribution in [0.3, 0.4) is 0 Å². The van der Waals surface area contributed by atoms with Crippen LogP contribution in [0.2, 0.25) is 0 Å². The lowest BCUT2D eigenvalue weighted by Gasteiger charge is -2.43. The Morgan fingerprint density at radius 2 is 1.85 bits per heavy atom. The van der Waals surface area contributed by atoms with Crippen LogP contribution in [0.25, 0.3) is 0 Å². The lowest BCUT2D eigenvalue weighted by Crippen LogP contribution is -2.64. The second kappa shape index (κ2) is 14.3. The summed E-state index contributed by atoms with van der Waals surface area (Å²) in [4.78, 5) is 17.2. The van der Waals surface area contributed by atoms with E-state index in [1.165, 1.54) is 51.4 Å². The first-order chi connectivity index (χ1) is 16.7. The average molecular weight is 474 g/mol. The zero-order valence-corrected chi connectivity index (χ0v) is 20.8. The first-order valence-electron chi connectivity index (χ1n) is 13.3. The number of carbonyl (C=O) groups excluding carboxylic acids is 1. The van der Waals surface area contributed by atoms with Crippen molar-refractivity contribution in [3.8, 4) is 0 Å². The van der Waals surface area contributed by atoms with Gasteiger partial charge in [0.15, 0.2) is 0 Å². The number of amides is 1. The van der Waals surface area contributed by atoms with Crippen LogP contribution < -0.4 is 10.6 Å². The molecule has 0 aliphatic carbocycles. The van der Waals surface area contributed by atoms with Gasteiger partial charge in [-0.3, -0.25) is 5.32 Å². The second-order valence-electron chi connectivity index (χ2n) is 9.60. The summed E-state index contributed by atoms with van der Waals surface area (Å²) in [5.41, 5.74) is 0.248. The van der Waals surface area contributed by atoms with Gasteiger partial charge in [-0.1, -0.05) is 95.0 Å². The van der Waals surface area contributed by atoms with E-state index in [4.69, 9.17) is 14.5 Å². The van der Waals surface area contributed by atoms with E-state index in [9.17, 15) is 9.90 Å². The van der Waals surface area contributed by atoms with Gasteiger partial charge in [-0.05, 0) is 24.8 Å². The van der Waals surface area contributed by atoms with Gasteiger partial charge in [0, 0.05) is 6.61 Å². The topological polar surface area (TPSA) is 92.2 Å². The number of aliphatic hydroxyl groups is 1. The number of guanidine groups is 1. The van der Waals surface area contributed by atoms with Gasteiger partial charge in [0.25, 0.3) is 0 Å².